The maximum atomic E-state index is 3.89. The third-order valence-corrected chi connectivity index (χ3v) is 4.46. The minimum absolute atomic E-state index is 1.09. The van der Waals surface area contributed by atoms with E-state index in [0.717, 1.165) is 8.95 Å². The highest BCUT2D eigenvalue weighted by atomic mass is 79.9. The molecule has 0 aliphatic rings. The molecule has 23 heavy (non-hydrogen) atoms. The highest BCUT2D eigenvalue weighted by molar-refractivity contribution is 9.10. The highest BCUT2D eigenvalue weighted by Crippen LogP contribution is 2.32. The van der Waals surface area contributed by atoms with E-state index in [1.54, 1.807) is 12.4 Å². The first kappa shape index (κ1) is 16.0. The van der Waals surface area contributed by atoms with Crippen LogP contribution in [0.5, 0.6) is 0 Å². The number of hydrogen-bond acceptors (Lipinski definition) is 1. The molecule has 0 radical (unpaired) electrons. The van der Waals surface area contributed by atoms with Crippen molar-refractivity contribution in [1.29, 1.82) is 0 Å². The normalized spacial score (nSPS) is 10.3. The van der Waals surface area contributed by atoms with Gasteiger partial charge in [-0.15, -0.1) is 0 Å². The van der Waals surface area contributed by atoms with Gasteiger partial charge >= 0.3 is 0 Å². The molecule has 114 valence electrons. The second-order valence-corrected chi connectivity index (χ2v) is 6.73. The van der Waals surface area contributed by atoms with E-state index >= 15 is 0 Å². The second kappa shape index (κ2) is 7.11. The molecule has 0 saturated carbocycles. The molecular formula is C19H14Br2N2. The summed E-state index contributed by atoms with van der Waals surface area (Å²) in [5, 5.41) is 2.46. The molecule has 4 rings (SSSR count). The lowest BCUT2D eigenvalue weighted by molar-refractivity contribution is 1.29. The largest absolute Gasteiger partial charge is 0.317 e. The first-order chi connectivity index (χ1) is 11.2. The molecule has 2 nitrogen and oxygen atoms in total. The average Bonchev–Trinajstić information content (AvgIpc) is 2.89. The summed E-state index contributed by atoms with van der Waals surface area (Å²) in [4.78, 5) is 3.78. The summed E-state index contributed by atoms with van der Waals surface area (Å²) in [7, 11) is 0. The van der Waals surface area contributed by atoms with E-state index < -0.39 is 0 Å². The van der Waals surface area contributed by atoms with Crippen molar-refractivity contribution < 1.29 is 0 Å². The maximum absolute atomic E-state index is 3.89. The van der Waals surface area contributed by atoms with Crippen LogP contribution in [0.25, 0.3) is 28.0 Å². The summed E-state index contributed by atoms with van der Waals surface area (Å²) in [6.45, 7) is 3.89. The van der Waals surface area contributed by atoms with Gasteiger partial charge in [0.05, 0.1) is 11.0 Å². The fraction of sp³-hybridized carbons (Fsp3) is 0. The van der Waals surface area contributed by atoms with Crippen molar-refractivity contribution in [1.82, 2.24) is 9.55 Å². The van der Waals surface area contributed by atoms with Crippen LogP contribution in [0.1, 0.15) is 0 Å². The average molecular weight is 430 g/mol. The number of aromatic nitrogens is 2. The van der Waals surface area contributed by atoms with Gasteiger partial charge in [0.25, 0.3) is 0 Å². The van der Waals surface area contributed by atoms with E-state index in [1.807, 2.05) is 24.4 Å². The van der Waals surface area contributed by atoms with Crippen LogP contribution in [0, 0.1) is 0 Å². The minimum atomic E-state index is 1.09. The zero-order valence-electron chi connectivity index (χ0n) is 12.3. The molecule has 4 heteroatoms. The van der Waals surface area contributed by atoms with Crippen LogP contribution in [0.15, 0.2) is 82.5 Å². The standard InChI is InChI=1S/C14H9Br2N.C5H5N/c1-2-17-13-5-3-9(15)7-11(13)12-8-10(16)4-6-14(12)17;1-2-4-6-5-3-1/h2-8H,1H2;1-5H. The fourth-order valence-corrected chi connectivity index (χ4v) is 3.23. The Morgan fingerprint density at radius 3 is 1.70 bits per heavy atom. The molecule has 0 aliphatic heterocycles. The zero-order chi connectivity index (χ0) is 16.2. The molecule has 0 N–H and O–H groups in total. The summed E-state index contributed by atoms with van der Waals surface area (Å²) in [5.41, 5.74) is 2.35. The number of fused-ring (bicyclic) bond motifs is 3. The lowest BCUT2D eigenvalue weighted by atomic mass is 10.2. The lowest BCUT2D eigenvalue weighted by Crippen LogP contribution is -1.83. The Bertz CT molecular complexity index is 873. The summed E-state index contributed by atoms with van der Waals surface area (Å²) in [5.74, 6) is 0. The Labute approximate surface area is 151 Å². The predicted octanol–water partition coefficient (Wildman–Crippen LogP) is 6.50. The van der Waals surface area contributed by atoms with Crippen molar-refractivity contribution in [3.05, 3.63) is 82.5 Å². The molecule has 0 unspecified atom stereocenters. The minimum Gasteiger partial charge on any atom is -0.317 e. The summed E-state index contributed by atoms with van der Waals surface area (Å²) >= 11 is 7.04. The molecule has 2 aromatic carbocycles. The SMILES string of the molecule is C=Cn1c2ccc(Br)cc2c2cc(Br)ccc21.c1ccncc1. The highest BCUT2D eigenvalue weighted by Gasteiger charge is 2.09. The third kappa shape index (κ3) is 3.38. The van der Waals surface area contributed by atoms with Gasteiger partial charge in [0.2, 0.25) is 0 Å². The van der Waals surface area contributed by atoms with Crippen molar-refractivity contribution in [2.45, 2.75) is 0 Å². The first-order valence-electron chi connectivity index (χ1n) is 7.07. The van der Waals surface area contributed by atoms with Gasteiger partial charge < -0.3 is 4.57 Å². The summed E-state index contributed by atoms with van der Waals surface area (Å²) in [6, 6.07) is 18.3. The first-order valence-corrected chi connectivity index (χ1v) is 8.65. The van der Waals surface area contributed by atoms with E-state index in [1.165, 1.54) is 21.8 Å². The lowest BCUT2D eigenvalue weighted by Gasteiger charge is -1.98. The molecule has 0 amide bonds. The topological polar surface area (TPSA) is 17.8 Å². The van der Waals surface area contributed by atoms with Crippen LogP contribution in [0.2, 0.25) is 0 Å². The van der Waals surface area contributed by atoms with Crippen molar-refractivity contribution in [3.8, 4) is 0 Å². The molecule has 0 aliphatic carbocycles. The predicted molar refractivity (Wildman–Crippen MR) is 105 cm³/mol. The molecule has 0 spiro atoms. The number of benzene rings is 2. The van der Waals surface area contributed by atoms with E-state index in [9.17, 15) is 0 Å². The molecule has 0 fully saturated rings. The number of nitrogens with zero attached hydrogens (tertiary/aromatic N) is 2. The van der Waals surface area contributed by atoms with Crippen LogP contribution >= 0.6 is 31.9 Å². The molecule has 0 atom stereocenters. The number of halogens is 2. The van der Waals surface area contributed by atoms with Crippen LogP contribution in [0.4, 0.5) is 0 Å². The smallest absolute Gasteiger partial charge is 0.0535 e. The van der Waals surface area contributed by atoms with Gasteiger partial charge in [0.1, 0.15) is 0 Å². The van der Waals surface area contributed by atoms with Gasteiger partial charge in [-0.2, -0.15) is 0 Å². The Morgan fingerprint density at radius 1 is 0.826 bits per heavy atom. The molecule has 0 saturated heterocycles. The maximum Gasteiger partial charge on any atom is 0.0535 e. The van der Waals surface area contributed by atoms with Crippen molar-refractivity contribution in [2.75, 3.05) is 0 Å². The molecule has 0 bridgehead atoms. The van der Waals surface area contributed by atoms with Gasteiger partial charge in [0, 0.05) is 38.3 Å². The van der Waals surface area contributed by atoms with Crippen LogP contribution in [-0.4, -0.2) is 9.55 Å². The molecule has 2 heterocycles. The van der Waals surface area contributed by atoms with Gasteiger partial charge in [-0.3, -0.25) is 4.98 Å². The van der Waals surface area contributed by atoms with E-state index in [0.29, 0.717) is 0 Å². The van der Waals surface area contributed by atoms with Crippen LogP contribution in [-0.2, 0) is 0 Å². The number of pyridine rings is 1. The Balaban J connectivity index is 0.000000220. The Hall–Kier alpha value is -1.91. The van der Waals surface area contributed by atoms with E-state index in [-0.39, 0.29) is 0 Å². The van der Waals surface area contributed by atoms with Crippen molar-refractivity contribution in [2.24, 2.45) is 0 Å². The summed E-state index contributed by atoms with van der Waals surface area (Å²) < 4.78 is 4.30. The van der Waals surface area contributed by atoms with E-state index in [4.69, 9.17) is 0 Å². The van der Waals surface area contributed by atoms with Gasteiger partial charge in [-0.05, 0) is 48.5 Å². The quantitative estimate of drug-likeness (QED) is 0.337. The fourth-order valence-electron chi connectivity index (χ4n) is 2.51. The van der Waals surface area contributed by atoms with Gasteiger partial charge in [0.15, 0.2) is 0 Å². The monoisotopic (exact) mass is 428 g/mol. The second-order valence-electron chi connectivity index (χ2n) is 4.90. The molecular weight excluding hydrogens is 416 g/mol. The van der Waals surface area contributed by atoms with Gasteiger partial charge in [-0.25, -0.2) is 0 Å². The Kier molecular flexibility index (Phi) is 4.94. The zero-order valence-corrected chi connectivity index (χ0v) is 15.5. The van der Waals surface area contributed by atoms with Crippen LogP contribution < -0.4 is 0 Å². The molecule has 2 aromatic heterocycles. The van der Waals surface area contributed by atoms with Crippen molar-refractivity contribution >= 4 is 59.9 Å². The number of hydrogen-bond donors (Lipinski definition) is 0. The Morgan fingerprint density at radius 2 is 1.35 bits per heavy atom. The molecule has 4 aromatic rings. The third-order valence-electron chi connectivity index (χ3n) is 3.48. The number of rotatable bonds is 1. The van der Waals surface area contributed by atoms with E-state index in [2.05, 4.69) is 84.4 Å². The van der Waals surface area contributed by atoms with Crippen LogP contribution in [0.3, 0.4) is 0 Å². The summed E-state index contributed by atoms with van der Waals surface area (Å²) in [6.07, 6.45) is 5.35. The van der Waals surface area contributed by atoms with Crippen molar-refractivity contribution in [3.63, 3.8) is 0 Å². The van der Waals surface area contributed by atoms with Gasteiger partial charge in [-0.1, -0.05) is 44.5 Å².